The third-order valence-electron chi connectivity index (χ3n) is 2.61. The van der Waals surface area contributed by atoms with E-state index in [1.807, 2.05) is 24.7 Å². The SMILES string of the molecule is Cc1cnn(CCC(=O)NCCCSc2nccs2)c1. The lowest BCUT2D eigenvalue weighted by molar-refractivity contribution is -0.121. The lowest BCUT2D eigenvalue weighted by Crippen LogP contribution is -2.25. The maximum atomic E-state index is 11.6. The second-order valence-electron chi connectivity index (χ2n) is 4.38. The number of nitrogens with zero attached hydrogens (tertiary/aromatic N) is 3. The van der Waals surface area contributed by atoms with E-state index < -0.39 is 0 Å². The van der Waals surface area contributed by atoms with Crippen LogP contribution in [0.4, 0.5) is 0 Å². The zero-order chi connectivity index (χ0) is 14.2. The molecule has 2 rings (SSSR count). The highest BCUT2D eigenvalue weighted by Crippen LogP contribution is 2.20. The summed E-state index contributed by atoms with van der Waals surface area (Å²) in [5.74, 6) is 1.06. The van der Waals surface area contributed by atoms with Crippen molar-refractivity contribution in [2.24, 2.45) is 0 Å². The van der Waals surface area contributed by atoms with Gasteiger partial charge in [-0.05, 0) is 18.9 Å². The molecule has 0 aliphatic heterocycles. The summed E-state index contributed by atoms with van der Waals surface area (Å²) in [5, 5.41) is 9.06. The maximum Gasteiger partial charge on any atom is 0.221 e. The molecule has 20 heavy (non-hydrogen) atoms. The predicted molar refractivity (Wildman–Crippen MR) is 82.0 cm³/mol. The molecule has 0 aliphatic carbocycles. The summed E-state index contributed by atoms with van der Waals surface area (Å²) in [4.78, 5) is 15.8. The normalized spacial score (nSPS) is 10.7. The minimum atomic E-state index is 0.0809. The molecule has 0 atom stereocenters. The van der Waals surface area contributed by atoms with Crippen LogP contribution in [0.15, 0.2) is 28.3 Å². The van der Waals surface area contributed by atoms with Gasteiger partial charge in [-0.1, -0.05) is 11.8 Å². The van der Waals surface area contributed by atoms with Crippen molar-refractivity contribution in [3.8, 4) is 0 Å². The second-order valence-corrected chi connectivity index (χ2v) is 6.62. The number of hydrogen-bond acceptors (Lipinski definition) is 5. The van der Waals surface area contributed by atoms with Gasteiger partial charge in [0.15, 0.2) is 0 Å². The standard InChI is InChI=1S/C13H18N4OS2/c1-11-9-16-17(10-11)6-3-12(18)14-4-2-7-19-13-15-5-8-20-13/h5,8-10H,2-4,6-7H2,1H3,(H,14,18). The fourth-order valence-electron chi connectivity index (χ4n) is 1.63. The molecule has 7 heteroatoms. The molecule has 2 aromatic heterocycles. The molecule has 0 saturated heterocycles. The first-order valence-electron chi connectivity index (χ1n) is 6.52. The molecular weight excluding hydrogens is 292 g/mol. The van der Waals surface area contributed by atoms with Gasteiger partial charge >= 0.3 is 0 Å². The van der Waals surface area contributed by atoms with Crippen LogP contribution >= 0.6 is 23.1 Å². The highest BCUT2D eigenvalue weighted by Gasteiger charge is 2.02. The van der Waals surface area contributed by atoms with Crippen molar-refractivity contribution in [1.29, 1.82) is 0 Å². The Morgan fingerprint density at radius 2 is 2.45 bits per heavy atom. The largest absolute Gasteiger partial charge is 0.356 e. The van der Waals surface area contributed by atoms with Gasteiger partial charge in [-0.2, -0.15) is 5.10 Å². The molecule has 1 N–H and O–H groups in total. The van der Waals surface area contributed by atoms with Gasteiger partial charge in [-0.3, -0.25) is 9.48 Å². The number of hydrogen-bond donors (Lipinski definition) is 1. The summed E-state index contributed by atoms with van der Waals surface area (Å²) < 4.78 is 2.89. The number of aryl methyl sites for hydroxylation is 2. The highest BCUT2D eigenvalue weighted by atomic mass is 32.2. The van der Waals surface area contributed by atoms with Gasteiger partial charge in [0.1, 0.15) is 4.34 Å². The number of rotatable bonds is 8. The van der Waals surface area contributed by atoms with Gasteiger partial charge in [0.2, 0.25) is 5.91 Å². The molecule has 0 radical (unpaired) electrons. The fourth-order valence-corrected chi connectivity index (χ4v) is 3.28. The summed E-state index contributed by atoms with van der Waals surface area (Å²) in [6.07, 6.45) is 6.98. The van der Waals surface area contributed by atoms with Crippen LogP contribution in [-0.2, 0) is 11.3 Å². The summed E-state index contributed by atoms with van der Waals surface area (Å²) in [7, 11) is 0. The number of nitrogens with one attached hydrogen (secondary N) is 1. The topological polar surface area (TPSA) is 59.8 Å². The second kappa shape index (κ2) is 8.06. The van der Waals surface area contributed by atoms with Crippen molar-refractivity contribution in [3.05, 3.63) is 29.5 Å². The van der Waals surface area contributed by atoms with Gasteiger partial charge in [0.25, 0.3) is 0 Å². The molecule has 0 spiro atoms. The Morgan fingerprint density at radius 3 is 3.15 bits per heavy atom. The quantitative estimate of drug-likeness (QED) is 0.600. The average Bonchev–Trinajstić information content (AvgIpc) is 3.07. The molecule has 0 bridgehead atoms. The molecule has 0 unspecified atom stereocenters. The lowest BCUT2D eigenvalue weighted by Gasteiger charge is -2.05. The number of thiazole rings is 1. The molecule has 1 amide bonds. The zero-order valence-corrected chi connectivity index (χ0v) is 13.0. The fraction of sp³-hybridized carbons (Fsp3) is 0.462. The Morgan fingerprint density at radius 1 is 1.55 bits per heavy atom. The van der Waals surface area contributed by atoms with Crippen molar-refractivity contribution < 1.29 is 4.79 Å². The van der Waals surface area contributed by atoms with E-state index in [0.717, 1.165) is 28.6 Å². The van der Waals surface area contributed by atoms with E-state index in [1.165, 1.54) is 0 Å². The zero-order valence-electron chi connectivity index (χ0n) is 11.4. The van der Waals surface area contributed by atoms with Crippen LogP contribution in [-0.4, -0.2) is 33.0 Å². The molecular formula is C13H18N4OS2. The minimum absolute atomic E-state index is 0.0809. The van der Waals surface area contributed by atoms with Crippen molar-refractivity contribution in [1.82, 2.24) is 20.1 Å². The number of carbonyl (C=O) groups excluding carboxylic acids is 1. The molecule has 5 nitrogen and oxygen atoms in total. The Labute approximate surface area is 126 Å². The molecule has 0 aromatic carbocycles. The van der Waals surface area contributed by atoms with Crippen molar-refractivity contribution >= 4 is 29.0 Å². The van der Waals surface area contributed by atoms with E-state index in [-0.39, 0.29) is 5.91 Å². The molecule has 108 valence electrons. The number of thioether (sulfide) groups is 1. The number of amides is 1. The van der Waals surface area contributed by atoms with Crippen LogP contribution in [0.5, 0.6) is 0 Å². The Bertz CT molecular complexity index is 524. The predicted octanol–water partition coefficient (Wildman–Crippen LogP) is 2.34. The summed E-state index contributed by atoms with van der Waals surface area (Å²) in [5.41, 5.74) is 1.12. The van der Waals surface area contributed by atoms with Crippen LogP contribution in [0, 0.1) is 6.92 Å². The monoisotopic (exact) mass is 310 g/mol. The summed E-state index contributed by atoms with van der Waals surface area (Å²) in [6, 6.07) is 0. The van der Waals surface area contributed by atoms with Gasteiger partial charge < -0.3 is 5.32 Å². The molecule has 2 heterocycles. The first-order valence-corrected chi connectivity index (χ1v) is 8.38. The van der Waals surface area contributed by atoms with Crippen LogP contribution < -0.4 is 5.32 Å². The smallest absolute Gasteiger partial charge is 0.221 e. The van der Waals surface area contributed by atoms with E-state index in [1.54, 1.807) is 34.0 Å². The number of carbonyl (C=O) groups is 1. The first kappa shape index (κ1) is 15.1. The van der Waals surface area contributed by atoms with Gasteiger partial charge in [-0.15, -0.1) is 11.3 Å². The van der Waals surface area contributed by atoms with Crippen LogP contribution in [0.1, 0.15) is 18.4 Å². The van der Waals surface area contributed by atoms with Crippen LogP contribution in [0.3, 0.4) is 0 Å². The molecule has 0 fully saturated rings. The average molecular weight is 310 g/mol. The van der Waals surface area contributed by atoms with Gasteiger partial charge in [0.05, 0.1) is 6.20 Å². The molecule has 0 saturated carbocycles. The van der Waals surface area contributed by atoms with Crippen molar-refractivity contribution in [2.75, 3.05) is 12.3 Å². The maximum absolute atomic E-state index is 11.6. The third kappa shape index (κ3) is 5.34. The van der Waals surface area contributed by atoms with E-state index >= 15 is 0 Å². The van der Waals surface area contributed by atoms with E-state index in [2.05, 4.69) is 15.4 Å². The minimum Gasteiger partial charge on any atom is -0.356 e. The molecule has 2 aromatic rings. The van der Waals surface area contributed by atoms with Crippen molar-refractivity contribution in [2.45, 2.75) is 30.6 Å². The van der Waals surface area contributed by atoms with Crippen LogP contribution in [0.25, 0.3) is 0 Å². The molecule has 0 aliphatic rings. The highest BCUT2D eigenvalue weighted by molar-refractivity contribution is 8.00. The Hall–Kier alpha value is -1.34. The number of aromatic nitrogens is 3. The lowest BCUT2D eigenvalue weighted by atomic mass is 10.3. The van der Waals surface area contributed by atoms with E-state index in [4.69, 9.17) is 0 Å². The van der Waals surface area contributed by atoms with Gasteiger partial charge in [0, 0.05) is 43.0 Å². The Balaban J connectivity index is 1.52. The van der Waals surface area contributed by atoms with Gasteiger partial charge in [-0.25, -0.2) is 4.98 Å². The van der Waals surface area contributed by atoms with E-state index in [0.29, 0.717) is 13.0 Å². The summed E-state index contributed by atoms with van der Waals surface area (Å²) in [6.45, 7) is 3.34. The summed E-state index contributed by atoms with van der Waals surface area (Å²) >= 11 is 3.38. The van der Waals surface area contributed by atoms with Crippen molar-refractivity contribution in [3.63, 3.8) is 0 Å². The Kier molecular flexibility index (Phi) is 6.07. The third-order valence-corrected chi connectivity index (χ3v) is 4.66. The van der Waals surface area contributed by atoms with E-state index in [9.17, 15) is 4.79 Å². The first-order chi connectivity index (χ1) is 9.74. The van der Waals surface area contributed by atoms with Crippen LogP contribution in [0.2, 0.25) is 0 Å².